The molecule has 0 rings (SSSR count). The number of carboxylic acids is 1. The van der Waals surface area contributed by atoms with E-state index in [1.54, 1.807) is 4.72 Å². The molecule has 0 saturated heterocycles. The van der Waals surface area contributed by atoms with Crippen LogP contribution >= 0.6 is 0 Å². The van der Waals surface area contributed by atoms with Gasteiger partial charge < -0.3 is 9.84 Å². The van der Waals surface area contributed by atoms with Crippen molar-refractivity contribution < 1.29 is 27.9 Å². The second kappa shape index (κ2) is 6.55. The summed E-state index contributed by atoms with van der Waals surface area (Å²) < 4.78 is 31.1. The Bertz CT molecular complexity index is 401. The van der Waals surface area contributed by atoms with Crippen molar-refractivity contribution in [2.45, 2.75) is 39.2 Å². The van der Waals surface area contributed by atoms with Gasteiger partial charge in [-0.3, -0.25) is 4.79 Å². The van der Waals surface area contributed by atoms with Crippen molar-refractivity contribution >= 4 is 22.3 Å². The highest BCUT2D eigenvalue weighted by Crippen LogP contribution is 2.16. The van der Waals surface area contributed by atoms with Crippen LogP contribution in [0, 0.1) is 0 Å². The Hall–Kier alpha value is -1.35. The molecule has 0 aliphatic rings. The van der Waals surface area contributed by atoms with Crippen molar-refractivity contribution in [1.29, 1.82) is 0 Å². The van der Waals surface area contributed by atoms with E-state index in [9.17, 15) is 18.0 Å². The molecular weight excluding hydrogens is 264 g/mol. The molecule has 0 aromatic carbocycles. The Balaban J connectivity index is 4.93. The molecule has 0 heterocycles. The molecular formula is C9H18N2O6S. The molecule has 0 aliphatic carbocycles. The predicted octanol–water partition coefficient (Wildman–Crippen LogP) is 0.210. The summed E-state index contributed by atoms with van der Waals surface area (Å²) in [6.07, 6.45) is -1.07. The van der Waals surface area contributed by atoms with Crippen LogP contribution in [0.15, 0.2) is 0 Å². The SMILES string of the molecule is CCOC(=O)NS(=O)(=O)NC(CC)(CC)C(=O)O. The predicted molar refractivity (Wildman–Crippen MR) is 63.2 cm³/mol. The number of hydrogen-bond donors (Lipinski definition) is 3. The van der Waals surface area contributed by atoms with Gasteiger partial charge in [0.2, 0.25) is 0 Å². The Morgan fingerprint density at radius 1 is 1.22 bits per heavy atom. The summed E-state index contributed by atoms with van der Waals surface area (Å²) >= 11 is 0. The number of rotatable bonds is 7. The van der Waals surface area contributed by atoms with Crippen LogP contribution in [-0.2, 0) is 19.7 Å². The highest BCUT2D eigenvalue weighted by Gasteiger charge is 2.39. The molecule has 0 bridgehead atoms. The minimum atomic E-state index is -4.29. The standard InChI is InChI=1S/C9H18N2O6S/c1-4-9(5-2,7(12)13)11-18(15,16)10-8(14)17-6-3/h11H,4-6H2,1-3H3,(H,10,14)(H,12,13). The van der Waals surface area contributed by atoms with Crippen molar-refractivity contribution in [3.8, 4) is 0 Å². The maximum Gasteiger partial charge on any atom is 0.421 e. The van der Waals surface area contributed by atoms with E-state index in [1.807, 2.05) is 4.72 Å². The van der Waals surface area contributed by atoms with E-state index in [-0.39, 0.29) is 19.4 Å². The van der Waals surface area contributed by atoms with Crippen LogP contribution in [0.3, 0.4) is 0 Å². The summed E-state index contributed by atoms with van der Waals surface area (Å²) in [6, 6.07) is 0. The summed E-state index contributed by atoms with van der Waals surface area (Å²) in [5.74, 6) is -1.30. The first-order chi connectivity index (χ1) is 8.23. The van der Waals surface area contributed by atoms with Gasteiger partial charge in [0, 0.05) is 0 Å². The maximum atomic E-state index is 11.6. The molecule has 0 aromatic rings. The molecule has 0 spiro atoms. The Kier molecular flexibility index (Phi) is 6.06. The minimum absolute atomic E-state index is 0.00693. The molecule has 106 valence electrons. The topological polar surface area (TPSA) is 122 Å². The van der Waals surface area contributed by atoms with Crippen molar-refractivity contribution in [2.75, 3.05) is 6.61 Å². The zero-order valence-corrected chi connectivity index (χ0v) is 11.3. The first-order valence-corrected chi connectivity index (χ1v) is 6.93. The minimum Gasteiger partial charge on any atom is -0.480 e. The van der Waals surface area contributed by atoms with E-state index in [4.69, 9.17) is 5.11 Å². The van der Waals surface area contributed by atoms with Gasteiger partial charge in [-0.05, 0) is 19.8 Å². The summed E-state index contributed by atoms with van der Waals surface area (Å²) in [4.78, 5) is 22.1. The molecule has 9 heteroatoms. The van der Waals surface area contributed by atoms with E-state index in [0.717, 1.165) is 0 Å². The number of hydrogen-bond acceptors (Lipinski definition) is 5. The van der Waals surface area contributed by atoms with Gasteiger partial charge in [0.25, 0.3) is 0 Å². The van der Waals surface area contributed by atoms with Crippen molar-refractivity contribution in [2.24, 2.45) is 0 Å². The van der Waals surface area contributed by atoms with Gasteiger partial charge in [-0.25, -0.2) is 9.52 Å². The fourth-order valence-electron chi connectivity index (χ4n) is 1.29. The molecule has 0 aromatic heterocycles. The third-order valence-corrected chi connectivity index (χ3v) is 3.53. The average Bonchev–Trinajstić information content (AvgIpc) is 2.25. The van der Waals surface area contributed by atoms with Gasteiger partial charge in [0.1, 0.15) is 5.54 Å². The quantitative estimate of drug-likeness (QED) is 0.613. The number of nitrogens with one attached hydrogen (secondary N) is 2. The van der Waals surface area contributed by atoms with Crippen LogP contribution in [0.5, 0.6) is 0 Å². The Labute approximate surface area is 106 Å². The zero-order chi connectivity index (χ0) is 14.4. The fourth-order valence-corrected chi connectivity index (χ4v) is 2.51. The molecule has 0 fully saturated rings. The lowest BCUT2D eigenvalue weighted by atomic mass is 9.95. The summed E-state index contributed by atoms with van der Waals surface area (Å²) in [6.45, 7) is 4.58. The lowest BCUT2D eigenvalue weighted by Gasteiger charge is -2.27. The molecule has 0 atom stereocenters. The molecule has 3 N–H and O–H groups in total. The Morgan fingerprint density at radius 3 is 2.06 bits per heavy atom. The van der Waals surface area contributed by atoms with Gasteiger partial charge in [-0.15, -0.1) is 0 Å². The maximum absolute atomic E-state index is 11.6. The summed E-state index contributed by atoms with van der Waals surface area (Å²) in [5.41, 5.74) is -1.64. The summed E-state index contributed by atoms with van der Waals surface area (Å²) in [5, 5.41) is 9.05. The summed E-state index contributed by atoms with van der Waals surface area (Å²) in [7, 11) is -4.29. The van der Waals surface area contributed by atoms with E-state index in [0.29, 0.717) is 0 Å². The monoisotopic (exact) mass is 282 g/mol. The highest BCUT2D eigenvalue weighted by atomic mass is 32.2. The molecule has 0 radical (unpaired) electrons. The van der Waals surface area contributed by atoms with Crippen LogP contribution in [0.1, 0.15) is 33.6 Å². The van der Waals surface area contributed by atoms with E-state index in [1.165, 1.54) is 20.8 Å². The highest BCUT2D eigenvalue weighted by molar-refractivity contribution is 7.88. The zero-order valence-electron chi connectivity index (χ0n) is 10.5. The second-order valence-corrected chi connectivity index (χ2v) is 4.94. The van der Waals surface area contributed by atoms with Crippen LogP contribution in [0.2, 0.25) is 0 Å². The largest absolute Gasteiger partial charge is 0.480 e. The van der Waals surface area contributed by atoms with E-state index >= 15 is 0 Å². The van der Waals surface area contributed by atoms with Crippen LogP contribution in [0.4, 0.5) is 4.79 Å². The second-order valence-electron chi connectivity index (χ2n) is 3.52. The molecule has 1 amide bonds. The normalized spacial score (nSPS) is 11.9. The van der Waals surface area contributed by atoms with Crippen molar-refractivity contribution in [3.63, 3.8) is 0 Å². The van der Waals surface area contributed by atoms with E-state index in [2.05, 4.69) is 4.74 Å². The first-order valence-electron chi connectivity index (χ1n) is 5.44. The Morgan fingerprint density at radius 2 is 1.72 bits per heavy atom. The van der Waals surface area contributed by atoms with Crippen LogP contribution < -0.4 is 9.44 Å². The molecule has 0 aliphatic heterocycles. The van der Waals surface area contributed by atoms with Gasteiger partial charge in [0.05, 0.1) is 6.61 Å². The smallest absolute Gasteiger partial charge is 0.421 e. The molecule has 18 heavy (non-hydrogen) atoms. The van der Waals surface area contributed by atoms with Crippen molar-refractivity contribution in [3.05, 3.63) is 0 Å². The van der Waals surface area contributed by atoms with Crippen molar-refractivity contribution in [1.82, 2.24) is 9.44 Å². The molecule has 0 saturated carbocycles. The third kappa shape index (κ3) is 4.49. The molecule has 8 nitrogen and oxygen atoms in total. The van der Waals surface area contributed by atoms with Gasteiger partial charge in [-0.1, -0.05) is 13.8 Å². The number of amides is 1. The van der Waals surface area contributed by atoms with E-state index < -0.39 is 27.8 Å². The van der Waals surface area contributed by atoms with Gasteiger partial charge in [-0.2, -0.15) is 13.1 Å². The van der Waals surface area contributed by atoms with Gasteiger partial charge >= 0.3 is 22.3 Å². The van der Waals surface area contributed by atoms with Crippen LogP contribution in [0.25, 0.3) is 0 Å². The number of carbonyl (C=O) groups is 2. The first kappa shape index (κ1) is 16.6. The lowest BCUT2D eigenvalue weighted by Crippen LogP contribution is -2.57. The van der Waals surface area contributed by atoms with Gasteiger partial charge in [0.15, 0.2) is 0 Å². The lowest BCUT2D eigenvalue weighted by molar-refractivity contribution is -0.144. The van der Waals surface area contributed by atoms with Crippen LogP contribution in [-0.4, -0.2) is 37.7 Å². The number of ether oxygens (including phenoxy) is 1. The number of aliphatic carboxylic acids is 1. The fraction of sp³-hybridized carbons (Fsp3) is 0.778. The number of carbonyl (C=O) groups excluding carboxylic acids is 1. The average molecular weight is 282 g/mol. The number of carboxylic acid groups (broad SMARTS) is 1. The third-order valence-electron chi connectivity index (χ3n) is 2.44. The molecule has 0 unspecified atom stereocenters.